The van der Waals surface area contributed by atoms with Gasteiger partial charge in [0.05, 0.1) is 0 Å². The molecule has 0 unspecified atom stereocenters. The molecule has 0 aliphatic heterocycles. The van der Waals surface area contributed by atoms with Crippen LogP contribution in [0.2, 0.25) is 0 Å². The van der Waals surface area contributed by atoms with Gasteiger partial charge in [0.25, 0.3) is 0 Å². The predicted molar refractivity (Wildman–Crippen MR) is 48.4 cm³/mol. The van der Waals surface area contributed by atoms with Gasteiger partial charge in [-0.1, -0.05) is 0 Å². The van der Waals surface area contributed by atoms with E-state index in [1.54, 1.807) is 27.7 Å². The minimum Gasteiger partial charge on any atom is -0.442 e. The van der Waals surface area contributed by atoms with E-state index >= 15 is 0 Å². The van der Waals surface area contributed by atoms with E-state index in [0.29, 0.717) is 5.71 Å². The Morgan fingerprint density at radius 3 is 2.33 bits per heavy atom. The maximum atomic E-state index is 11.0. The first-order valence-electron chi connectivity index (χ1n) is 3.82. The van der Waals surface area contributed by atoms with Gasteiger partial charge in [-0.3, -0.25) is 0 Å². The highest BCUT2D eigenvalue weighted by atomic mass is 16.6. The zero-order valence-corrected chi connectivity index (χ0v) is 8.05. The molecule has 0 aromatic rings. The van der Waals surface area contributed by atoms with Gasteiger partial charge in [-0.15, -0.1) is 0 Å². The number of ether oxygens (including phenoxy) is 1. The summed E-state index contributed by atoms with van der Waals surface area (Å²) in [5.41, 5.74) is 5.33. The number of carbonyl (C=O) groups is 1. The monoisotopic (exact) mass is 172 g/mol. The van der Waals surface area contributed by atoms with Crippen molar-refractivity contribution in [3.05, 3.63) is 0 Å². The molecule has 0 aromatic heterocycles. The Labute approximate surface area is 72.8 Å². The van der Waals surface area contributed by atoms with Crippen molar-refractivity contribution < 1.29 is 9.53 Å². The van der Waals surface area contributed by atoms with Crippen LogP contribution in [-0.2, 0) is 4.74 Å². The summed E-state index contributed by atoms with van der Waals surface area (Å²) in [6.07, 6.45) is -0.578. The molecule has 0 aromatic carbocycles. The van der Waals surface area contributed by atoms with E-state index in [0.717, 1.165) is 0 Å². The molecule has 2 N–H and O–H groups in total. The number of hydrogen-bond donors (Lipinski definition) is 1. The van der Waals surface area contributed by atoms with Crippen LogP contribution < -0.4 is 5.73 Å². The van der Waals surface area contributed by atoms with Crippen LogP contribution in [0.1, 0.15) is 27.7 Å². The van der Waals surface area contributed by atoms with Gasteiger partial charge in [-0.25, -0.2) is 4.79 Å². The Kier molecular flexibility index (Phi) is 3.89. The zero-order valence-electron chi connectivity index (χ0n) is 8.05. The lowest BCUT2D eigenvalue weighted by atomic mass is 10.2. The largest absolute Gasteiger partial charge is 0.442 e. The van der Waals surface area contributed by atoms with Crippen LogP contribution in [0.5, 0.6) is 0 Å². The SMILES string of the molecule is C/C(CN)=N\C(=O)OC(C)(C)C. The fraction of sp³-hybridized carbons (Fsp3) is 0.750. The van der Waals surface area contributed by atoms with Crippen LogP contribution >= 0.6 is 0 Å². The molecule has 4 nitrogen and oxygen atoms in total. The van der Waals surface area contributed by atoms with E-state index in [2.05, 4.69) is 4.99 Å². The molecular formula is C8H16N2O2. The Bertz CT molecular complexity index is 192. The third-order valence-corrected chi connectivity index (χ3v) is 0.971. The van der Waals surface area contributed by atoms with Crippen LogP contribution in [0.15, 0.2) is 4.99 Å². The molecule has 0 fully saturated rings. The first kappa shape index (κ1) is 11.1. The molecule has 0 bridgehead atoms. The number of aliphatic imine (C=N–C) groups is 1. The molecule has 0 aliphatic rings. The van der Waals surface area contributed by atoms with Gasteiger partial charge in [0.2, 0.25) is 0 Å². The predicted octanol–water partition coefficient (Wildman–Crippen LogP) is 1.34. The Morgan fingerprint density at radius 1 is 1.50 bits per heavy atom. The topological polar surface area (TPSA) is 64.7 Å². The van der Waals surface area contributed by atoms with Crippen molar-refractivity contribution in [2.75, 3.05) is 6.54 Å². The second kappa shape index (κ2) is 4.21. The molecule has 0 saturated heterocycles. The smallest absolute Gasteiger partial charge is 0.434 e. The summed E-state index contributed by atoms with van der Waals surface area (Å²) < 4.78 is 4.93. The summed E-state index contributed by atoms with van der Waals surface area (Å²) in [5.74, 6) is 0. The highest BCUT2D eigenvalue weighted by Gasteiger charge is 2.15. The Hall–Kier alpha value is -0.900. The Balaban J connectivity index is 4.08. The van der Waals surface area contributed by atoms with E-state index in [-0.39, 0.29) is 6.54 Å². The second-order valence-electron chi connectivity index (χ2n) is 3.53. The van der Waals surface area contributed by atoms with Gasteiger partial charge < -0.3 is 10.5 Å². The lowest BCUT2D eigenvalue weighted by Crippen LogP contribution is -2.23. The summed E-state index contributed by atoms with van der Waals surface area (Å²) >= 11 is 0. The highest BCUT2D eigenvalue weighted by molar-refractivity contribution is 5.92. The van der Waals surface area contributed by atoms with Gasteiger partial charge in [-0.05, 0) is 27.7 Å². The molecule has 0 rings (SSSR count). The first-order valence-corrected chi connectivity index (χ1v) is 3.82. The Morgan fingerprint density at radius 2 is 2.00 bits per heavy atom. The fourth-order valence-electron chi connectivity index (χ4n) is 0.486. The van der Waals surface area contributed by atoms with Crippen LogP contribution in [0.3, 0.4) is 0 Å². The third kappa shape index (κ3) is 5.85. The van der Waals surface area contributed by atoms with Gasteiger partial charge in [0, 0.05) is 12.3 Å². The van der Waals surface area contributed by atoms with E-state index in [1.165, 1.54) is 0 Å². The summed E-state index contributed by atoms with van der Waals surface area (Å²) in [6.45, 7) is 7.33. The molecule has 70 valence electrons. The molecule has 4 heteroatoms. The summed E-state index contributed by atoms with van der Waals surface area (Å²) in [7, 11) is 0. The first-order chi connectivity index (χ1) is 5.35. The van der Waals surface area contributed by atoms with E-state index in [1.807, 2.05) is 0 Å². The summed E-state index contributed by atoms with van der Waals surface area (Å²) in [4.78, 5) is 14.6. The highest BCUT2D eigenvalue weighted by Crippen LogP contribution is 2.07. The number of carbonyl (C=O) groups excluding carboxylic acids is 1. The van der Waals surface area contributed by atoms with Crippen LogP contribution in [0.4, 0.5) is 4.79 Å². The zero-order chi connectivity index (χ0) is 9.78. The second-order valence-corrected chi connectivity index (χ2v) is 3.53. The lowest BCUT2D eigenvalue weighted by molar-refractivity contribution is 0.0604. The van der Waals surface area contributed by atoms with Crippen molar-refractivity contribution in [3.8, 4) is 0 Å². The van der Waals surface area contributed by atoms with Crippen molar-refractivity contribution in [1.29, 1.82) is 0 Å². The molecule has 0 heterocycles. The van der Waals surface area contributed by atoms with Crippen molar-refractivity contribution in [3.63, 3.8) is 0 Å². The molecule has 0 spiro atoms. The molecule has 0 atom stereocenters. The van der Waals surface area contributed by atoms with E-state index in [4.69, 9.17) is 10.5 Å². The van der Waals surface area contributed by atoms with Gasteiger partial charge in [0.15, 0.2) is 0 Å². The number of hydrogen-bond acceptors (Lipinski definition) is 3. The van der Waals surface area contributed by atoms with Crippen LogP contribution in [-0.4, -0.2) is 24.0 Å². The average Bonchev–Trinajstić information content (AvgIpc) is 1.82. The molecule has 0 saturated carbocycles. The van der Waals surface area contributed by atoms with E-state index in [9.17, 15) is 4.79 Å². The summed E-state index contributed by atoms with van der Waals surface area (Å²) in [5, 5.41) is 0. The van der Waals surface area contributed by atoms with Gasteiger partial charge in [0.1, 0.15) is 5.60 Å². The molecular weight excluding hydrogens is 156 g/mol. The molecule has 1 amide bonds. The lowest BCUT2D eigenvalue weighted by Gasteiger charge is -2.17. The number of amides is 1. The minimum atomic E-state index is -0.578. The van der Waals surface area contributed by atoms with Gasteiger partial charge in [-0.2, -0.15) is 4.99 Å². The van der Waals surface area contributed by atoms with Crippen molar-refractivity contribution in [1.82, 2.24) is 0 Å². The maximum Gasteiger partial charge on any atom is 0.434 e. The number of rotatable bonds is 1. The molecule has 0 aliphatic carbocycles. The quantitative estimate of drug-likeness (QED) is 0.607. The summed E-state index contributed by atoms with van der Waals surface area (Å²) in [6, 6.07) is 0. The van der Waals surface area contributed by atoms with Crippen molar-refractivity contribution in [2.24, 2.45) is 10.7 Å². The number of nitrogens with two attached hydrogens (primary N) is 1. The minimum absolute atomic E-state index is 0.277. The van der Waals surface area contributed by atoms with E-state index < -0.39 is 11.7 Å². The molecule has 0 radical (unpaired) electrons. The maximum absolute atomic E-state index is 11.0. The fourth-order valence-corrected chi connectivity index (χ4v) is 0.486. The normalized spacial score (nSPS) is 12.9. The van der Waals surface area contributed by atoms with Gasteiger partial charge >= 0.3 is 6.09 Å². The standard InChI is InChI=1S/C8H16N2O2/c1-6(5-9)10-7(11)12-8(2,3)4/h5,9H2,1-4H3/b10-6+. The van der Waals surface area contributed by atoms with Crippen molar-refractivity contribution >= 4 is 11.8 Å². The van der Waals surface area contributed by atoms with Crippen LogP contribution in [0.25, 0.3) is 0 Å². The average molecular weight is 172 g/mol. The van der Waals surface area contributed by atoms with Crippen LogP contribution in [0, 0.1) is 0 Å². The molecule has 12 heavy (non-hydrogen) atoms. The van der Waals surface area contributed by atoms with Crippen molar-refractivity contribution in [2.45, 2.75) is 33.3 Å². The number of nitrogens with zero attached hydrogens (tertiary/aromatic N) is 1. The third-order valence-electron chi connectivity index (χ3n) is 0.971.